The lowest BCUT2D eigenvalue weighted by Gasteiger charge is -2.30. The number of urea groups is 1. The van der Waals surface area contributed by atoms with E-state index >= 15 is 0 Å². The summed E-state index contributed by atoms with van der Waals surface area (Å²) in [6.07, 6.45) is 0.983. The number of alkyl halides is 3. The smallest absolute Gasteiger partial charge is 0.398 e. The Kier molecular flexibility index (Phi) is 6.75. The zero-order valence-corrected chi connectivity index (χ0v) is 16.4. The maximum Gasteiger partial charge on any atom is 0.447 e. The van der Waals surface area contributed by atoms with Crippen LogP contribution in [0.15, 0.2) is 42.6 Å². The van der Waals surface area contributed by atoms with E-state index in [1.54, 1.807) is 44.2 Å². The maximum absolute atomic E-state index is 12.4. The number of hydrogen-bond acceptors (Lipinski definition) is 6. The van der Waals surface area contributed by atoms with E-state index in [4.69, 9.17) is 11.1 Å². The highest BCUT2D eigenvalue weighted by molar-refractivity contribution is 8.15. The summed E-state index contributed by atoms with van der Waals surface area (Å²) >= 11 is -0.612. The molecule has 0 radical (unpaired) electrons. The van der Waals surface area contributed by atoms with E-state index in [9.17, 15) is 23.1 Å². The van der Waals surface area contributed by atoms with Crippen molar-refractivity contribution in [3.63, 3.8) is 0 Å². The van der Waals surface area contributed by atoms with E-state index in [1.807, 2.05) is 0 Å². The molecule has 1 aromatic carbocycles. The minimum absolute atomic E-state index is 0.0175. The summed E-state index contributed by atoms with van der Waals surface area (Å²) in [5.74, 6) is -0.0175. The molecule has 2 aromatic rings. The van der Waals surface area contributed by atoms with Crippen LogP contribution in [0.3, 0.4) is 0 Å². The van der Waals surface area contributed by atoms with Gasteiger partial charge in [-0.1, -0.05) is 30.3 Å². The van der Waals surface area contributed by atoms with E-state index in [0.29, 0.717) is 5.56 Å². The summed E-state index contributed by atoms with van der Waals surface area (Å²) in [4.78, 5) is 16.2. The molecule has 6 N–H and O–H groups in total. The van der Waals surface area contributed by atoms with Crippen molar-refractivity contribution in [2.24, 2.45) is 0 Å². The third-order valence-electron chi connectivity index (χ3n) is 3.75. The maximum atomic E-state index is 12.4. The van der Waals surface area contributed by atoms with E-state index < -0.39 is 40.0 Å². The molecule has 2 rings (SSSR count). The molecule has 0 fully saturated rings. The van der Waals surface area contributed by atoms with Crippen molar-refractivity contribution in [3.8, 4) is 0 Å². The van der Waals surface area contributed by atoms with Gasteiger partial charge in [-0.25, -0.2) is 9.78 Å². The zero-order chi connectivity index (χ0) is 21.8. The molecule has 1 heterocycles. The van der Waals surface area contributed by atoms with Gasteiger partial charge >= 0.3 is 11.5 Å². The van der Waals surface area contributed by atoms with Crippen LogP contribution in [0, 0.1) is 5.41 Å². The van der Waals surface area contributed by atoms with Gasteiger partial charge in [0.25, 0.3) is 0 Å². The molecule has 0 unspecified atom stereocenters. The quantitative estimate of drug-likeness (QED) is 0.366. The minimum atomic E-state index is -4.62. The fourth-order valence-corrected chi connectivity index (χ4v) is 3.01. The summed E-state index contributed by atoms with van der Waals surface area (Å²) in [5.41, 5.74) is 0.145. The van der Waals surface area contributed by atoms with Crippen molar-refractivity contribution < 1.29 is 23.1 Å². The number of rotatable bonds is 5. The molecular formula is C18H20F3N5O2S. The second-order valence-corrected chi connectivity index (χ2v) is 7.70. The molecule has 7 nitrogen and oxygen atoms in total. The second kappa shape index (κ2) is 8.70. The summed E-state index contributed by atoms with van der Waals surface area (Å²) in [5, 5.41) is 22.1. The van der Waals surface area contributed by atoms with E-state index in [-0.39, 0.29) is 17.1 Å². The Morgan fingerprint density at radius 2 is 1.90 bits per heavy atom. The molecular weight excluding hydrogens is 407 g/mol. The van der Waals surface area contributed by atoms with Crippen molar-refractivity contribution in [2.75, 3.05) is 11.1 Å². The SMILES string of the molecule is CC(C)(O)[C@@H](NC(=O)Nc1cc(N)c(C(=N)SC(F)(F)F)cn1)c1ccccc1. The number of carbonyl (C=O) groups is 1. The van der Waals surface area contributed by atoms with Gasteiger partial charge in [0, 0.05) is 35.3 Å². The third kappa shape index (κ3) is 6.64. The number of halogens is 3. The van der Waals surface area contributed by atoms with E-state index in [1.165, 1.54) is 0 Å². The van der Waals surface area contributed by atoms with Crippen LogP contribution in [0.5, 0.6) is 0 Å². The number of aliphatic hydroxyl groups is 1. The predicted octanol–water partition coefficient (Wildman–Crippen LogP) is 3.88. The highest BCUT2D eigenvalue weighted by Gasteiger charge is 2.32. The van der Waals surface area contributed by atoms with Crippen LogP contribution in [0.25, 0.3) is 0 Å². The second-order valence-electron chi connectivity index (χ2n) is 6.63. The molecule has 0 spiro atoms. The summed E-state index contributed by atoms with van der Waals surface area (Å²) in [7, 11) is 0. The largest absolute Gasteiger partial charge is 0.447 e. The summed E-state index contributed by atoms with van der Waals surface area (Å²) in [6, 6.07) is 8.55. The fraction of sp³-hybridized carbons (Fsp3) is 0.278. The van der Waals surface area contributed by atoms with Crippen molar-refractivity contribution in [1.29, 1.82) is 5.41 Å². The van der Waals surface area contributed by atoms with Crippen molar-refractivity contribution in [3.05, 3.63) is 53.7 Å². The average molecular weight is 427 g/mol. The van der Waals surface area contributed by atoms with Crippen LogP contribution in [-0.4, -0.2) is 32.3 Å². The van der Waals surface area contributed by atoms with Gasteiger partial charge in [0.2, 0.25) is 0 Å². The number of thioether (sulfide) groups is 1. The number of nitrogen functional groups attached to an aromatic ring is 1. The lowest BCUT2D eigenvalue weighted by Crippen LogP contribution is -2.43. The minimum Gasteiger partial charge on any atom is -0.398 e. The average Bonchev–Trinajstić information content (AvgIpc) is 2.58. The number of nitrogens with one attached hydrogen (secondary N) is 3. The topological polar surface area (TPSA) is 124 Å². The number of nitrogens with two attached hydrogens (primary N) is 1. The number of hydrogen-bond donors (Lipinski definition) is 5. The van der Waals surface area contributed by atoms with Crippen LogP contribution >= 0.6 is 11.8 Å². The summed E-state index contributed by atoms with van der Waals surface area (Å²) < 4.78 is 37.2. The molecule has 0 bridgehead atoms. The molecule has 0 saturated carbocycles. The Bertz CT molecular complexity index is 885. The lowest BCUT2D eigenvalue weighted by atomic mass is 9.92. The lowest BCUT2D eigenvalue weighted by molar-refractivity contribution is -0.0316. The van der Waals surface area contributed by atoms with Crippen molar-refractivity contribution >= 4 is 34.3 Å². The number of pyridine rings is 1. The molecule has 11 heteroatoms. The molecule has 0 aliphatic heterocycles. The standard InChI is InChI=1S/C18H20F3N5O2S/c1-17(2,28)14(10-6-4-3-5-7-10)26-16(27)25-13-8-12(22)11(9-24-13)15(23)29-18(19,20)21/h3-9,14,23,28H,1-2H3,(H4,22,24,25,26,27)/t14-/m0/s1. The first-order valence-electron chi connectivity index (χ1n) is 8.32. The van der Waals surface area contributed by atoms with Crippen molar-refractivity contribution in [1.82, 2.24) is 10.3 Å². The number of anilines is 2. The van der Waals surface area contributed by atoms with Gasteiger partial charge in [0.1, 0.15) is 10.9 Å². The Hall–Kier alpha value is -2.79. The van der Waals surface area contributed by atoms with Gasteiger partial charge in [-0.3, -0.25) is 10.7 Å². The summed E-state index contributed by atoms with van der Waals surface area (Å²) in [6.45, 7) is 3.08. The number of aromatic nitrogens is 1. The first-order chi connectivity index (χ1) is 13.4. The van der Waals surface area contributed by atoms with Gasteiger partial charge in [-0.15, -0.1) is 0 Å². The number of benzene rings is 1. The number of carbonyl (C=O) groups excluding carboxylic acids is 1. The molecule has 156 valence electrons. The third-order valence-corrected chi connectivity index (χ3v) is 4.41. The fourth-order valence-electron chi connectivity index (χ4n) is 2.50. The molecule has 0 aliphatic rings. The highest BCUT2D eigenvalue weighted by Crippen LogP contribution is 2.34. The van der Waals surface area contributed by atoms with Crippen LogP contribution in [0.4, 0.5) is 29.5 Å². The van der Waals surface area contributed by atoms with Crippen LogP contribution in [-0.2, 0) is 0 Å². The van der Waals surface area contributed by atoms with E-state index in [2.05, 4.69) is 15.6 Å². The molecule has 1 aromatic heterocycles. The van der Waals surface area contributed by atoms with Gasteiger partial charge in [-0.2, -0.15) is 13.2 Å². The molecule has 1 atom stereocenters. The Labute approximate surface area is 169 Å². The molecule has 2 amide bonds. The normalized spacial score (nSPS) is 12.9. The highest BCUT2D eigenvalue weighted by atomic mass is 32.2. The Balaban J connectivity index is 2.12. The van der Waals surface area contributed by atoms with Crippen molar-refractivity contribution in [2.45, 2.75) is 31.0 Å². The zero-order valence-electron chi connectivity index (χ0n) is 15.5. The molecule has 0 aliphatic carbocycles. The van der Waals surface area contributed by atoms with Gasteiger partial charge in [0.15, 0.2) is 0 Å². The first-order valence-corrected chi connectivity index (χ1v) is 9.13. The Morgan fingerprint density at radius 3 is 2.41 bits per heavy atom. The Morgan fingerprint density at radius 1 is 1.28 bits per heavy atom. The number of nitrogens with zero attached hydrogens (tertiary/aromatic N) is 1. The monoisotopic (exact) mass is 427 g/mol. The predicted molar refractivity (Wildman–Crippen MR) is 107 cm³/mol. The number of amides is 2. The van der Waals surface area contributed by atoms with Gasteiger partial charge in [0.05, 0.1) is 11.6 Å². The molecule has 0 saturated heterocycles. The van der Waals surface area contributed by atoms with Crippen LogP contribution in [0.1, 0.15) is 31.0 Å². The first kappa shape index (κ1) is 22.5. The van der Waals surface area contributed by atoms with Gasteiger partial charge in [-0.05, 0) is 19.4 Å². The molecule has 29 heavy (non-hydrogen) atoms. The van der Waals surface area contributed by atoms with E-state index in [0.717, 1.165) is 12.3 Å². The van der Waals surface area contributed by atoms with Crippen LogP contribution < -0.4 is 16.4 Å². The van der Waals surface area contributed by atoms with Crippen LogP contribution in [0.2, 0.25) is 0 Å². The van der Waals surface area contributed by atoms with Gasteiger partial charge < -0.3 is 16.2 Å².